The molecule has 152 valence electrons. The number of aromatic amines is 1. The summed E-state index contributed by atoms with van der Waals surface area (Å²) in [5, 5.41) is 3.21. The molecule has 0 bridgehead atoms. The van der Waals surface area contributed by atoms with Gasteiger partial charge in [0.25, 0.3) is 0 Å². The molecule has 0 fully saturated rings. The number of anilines is 2. The topological polar surface area (TPSA) is 93.0 Å². The first-order valence-electron chi connectivity index (χ1n) is 9.38. The molecular formula is C22H19FN4O2S. The number of aromatic nitrogens is 2. The van der Waals surface area contributed by atoms with Gasteiger partial charge >= 0.3 is 5.97 Å². The lowest BCUT2D eigenvalue weighted by Crippen LogP contribution is -2.27. The number of nitrogens with zero attached hydrogens (tertiary/aromatic N) is 1. The van der Waals surface area contributed by atoms with Crippen LogP contribution >= 0.6 is 12.2 Å². The molecule has 8 heteroatoms. The third kappa shape index (κ3) is 3.57. The quantitative estimate of drug-likeness (QED) is 0.427. The molecule has 4 N–H and O–H groups in total. The van der Waals surface area contributed by atoms with E-state index in [9.17, 15) is 9.18 Å². The van der Waals surface area contributed by atoms with Crippen LogP contribution in [0.1, 0.15) is 29.5 Å². The van der Waals surface area contributed by atoms with Crippen molar-refractivity contribution in [1.82, 2.24) is 9.97 Å². The number of fused-ring (bicyclic) bond motifs is 1. The monoisotopic (exact) mass is 422 g/mol. The Morgan fingerprint density at radius 1 is 1.23 bits per heavy atom. The fraction of sp³-hybridized carbons (Fsp3) is 0.136. The van der Waals surface area contributed by atoms with Crippen molar-refractivity contribution in [2.75, 3.05) is 17.7 Å². The molecule has 0 saturated heterocycles. The number of halogens is 1. The minimum Gasteiger partial charge on any atom is -0.463 e. The number of rotatable bonds is 4. The molecule has 0 spiro atoms. The Morgan fingerprint density at radius 2 is 2.00 bits per heavy atom. The average molecular weight is 422 g/mol. The van der Waals surface area contributed by atoms with E-state index >= 15 is 0 Å². The number of carbonyl (C=O) groups is 1. The Balaban J connectivity index is 2.06. The summed E-state index contributed by atoms with van der Waals surface area (Å²) in [4.78, 5) is 20.3. The number of hydrogen-bond acceptors (Lipinski definition) is 6. The fourth-order valence-corrected chi connectivity index (χ4v) is 3.84. The van der Waals surface area contributed by atoms with Crippen LogP contribution in [0.3, 0.4) is 0 Å². The summed E-state index contributed by atoms with van der Waals surface area (Å²) < 4.78 is 19.7. The van der Waals surface area contributed by atoms with Crippen molar-refractivity contribution >= 4 is 35.5 Å². The van der Waals surface area contributed by atoms with Gasteiger partial charge in [-0.1, -0.05) is 42.5 Å². The molecule has 6 nitrogen and oxygen atoms in total. The lowest BCUT2D eigenvalue weighted by molar-refractivity contribution is -0.138. The predicted molar refractivity (Wildman–Crippen MR) is 116 cm³/mol. The molecule has 2 heterocycles. The second-order valence-electron chi connectivity index (χ2n) is 6.71. The van der Waals surface area contributed by atoms with Crippen molar-refractivity contribution in [3.63, 3.8) is 0 Å². The number of nitrogen functional groups attached to an aromatic ring is 1. The fourth-order valence-electron chi connectivity index (χ4n) is 3.64. The zero-order chi connectivity index (χ0) is 21.3. The minimum atomic E-state index is -0.703. The zero-order valence-corrected chi connectivity index (χ0v) is 16.9. The van der Waals surface area contributed by atoms with Gasteiger partial charge in [0, 0.05) is 5.56 Å². The van der Waals surface area contributed by atoms with E-state index in [4.69, 9.17) is 22.7 Å². The van der Waals surface area contributed by atoms with E-state index in [0.717, 1.165) is 5.56 Å². The van der Waals surface area contributed by atoms with Crippen LogP contribution in [0.4, 0.5) is 16.0 Å². The first kappa shape index (κ1) is 19.8. The maximum Gasteiger partial charge on any atom is 0.337 e. The molecule has 0 saturated carbocycles. The van der Waals surface area contributed by atoms with Crippen molar-refractivity contribution < 1.29 is 13.9 Å². The van der Waals surface area contributed by atoms with Gasteiger partial charge in [-0.05, 0) is 42.4 Å². The third-order valence-corrected chi connectivity index (χ3v) is 5.02. The van der Waals surface area contributed by atoms with Gasteiger partial charge in [0.15, 0.2) is 4.77 Å². The zero-order valence-electron chi connectivity index (χ0n) is 16.1. The largest absolute Gasteiger partial charge is 0.463 e. The molecule has 3 aromatic rings. The number of ether oxygens (including phenoxy) is 1. The second-order valence-corrected chi connectivity index (χ2v) is 7.09. The second kappa shape index (κ2) is 8.08. The summed E-state index contributed by atoms with van der Waals surface area (Å²) in [6.45, 7) is 1.92. The smallest absolute Gasteiger partial charge is 0.337 e. The van der Waals surface area contributed by atoms with Gasteiger partial charge in [-0.25, -0.2) is 14.2 Å². The number of H-pyrrole nitrogens is 1. The highest BCUT2D eigenvalue weighted by atomic mass is 32.1. The Hall–Kier alpha value is -3.52. The lowest BCUT2D eigenvalue weighted by Gasteiger charge is -2.31. The highest BCUT2D eigenvalue weighted by molar-refractivity contribution is 7.71. The van der Waals surface area contributed by atoms with E-state index in [2.05, 4.69) is 15.3 Å². The Bertz CT molecular complexity index is 1210. The van der Waals surface area contributed by atoms with E-state index in [-0.39, 0.29) is 17.2 Å². The Morgan fingerprint density at radius 3 is 2.70 bits per heavy atom. The number of hydrogen-bond donors (Lipinski definition) is 3. The van der Waals surface area contributed by atoms with Crippen LogP contribution in [-0.4, -0.2) is 22.5 Å². The molecule has 0 radical (unpaired) electrons. The molecule has 0 amide bonds. The van der Waals surface area contributed by atoms with Crippen LogP contribution in [0.5, 0.6) is 0 Å². The molecule has 4 rings (SSSR count). The summed E-state index contributed by atoms with van der Waals surface area (Å²) in [6, 6.07) is 15.4. The van der Waals surface area contributed by atoms with Crippen LogP contribution in [0.25, 0.3) is 5.70 Å². The molecule has 1 unspecified atom stereocenters. The summed E-state index contributed by atoms with van der Waals surface area (Å²) in [7, 11) is 0. The molecule has 1 aromatic heterocycles. The van der Waals surface area contributed by atoms with Crippen molar-refractivity contribution in [3.05, 3.63) is 87.4 Å². The van der Waals surface area contributed by atoms with Crippen molar-refractivity contribution in [2.45, 2.75) is 12.8 Å². The summed E-state index contributed by atoms with van der Waals surface area (Å²) in [6.07, 6.45) is 0. The first-order chi connectivity index (χ1) is 14.5. The Kier molecular flexibility index (Phi) is 5.33. The van der Waals surface area contributed by atoms with Gasteiger partial charge in [-0.15, -0.1) is 0 Å². The standard InChI is InChI=1S/C22H19FN4O2S/c1-2-29-21(28)16-15(13-9-6-10-14(23)11-13)17-19(24)26-22(30)27-20(17)25-18(16)12-7-4-3-5-8-12/h3-11,15H,2H2,1H3,(H4,24,25,26,27,30). The molecule has 30 heavy (non-hydrogen) atoms. The van der Waals surface area contributed by atoms with E-state index in [1.54, 1.807) is 19.1 Å². The molecule has 1 atom stereocenters. The molecule has 1 aliphatic heterocycles. The van der Waals surface area contributed by atoms with Crippen molar-refractivity contribution in [1.29, 1.82) is 0 Å². The van der Waals surface area contributed by atoms with Crippen LogP contribution in [0, 0.1) is 10.6 Å². The van der Waals surface area contributed by atoms with Gasteiger partial charge < -0.3 is 20.8 Å². The number of benzene rings is 2. The van der Waals surface area contributed by atoms with Gasteiger partial charge in [0.1, 0.15) is 17.5 Å². The number of nitrogens with two attached hydrogens (primary N) is 1. The SMILES string of the molecule is CCOC(=O)C1=C(c2ccccc2)Nc2nc(=S)[nH]c(N)c2C1c1cccc(F)c1. The molecule has 2 aromatic carbocycles. The number of esters is 1. The first-order valence-corrected chi connectivity index (χ1v) is 9.79. The lowest BCUT2D eigenvalue weighted by atomic mass is 9.80. The maximum atomic E-state index is 14.1. The van der Waals surface area contributed by atoms with Gasteiger partial charge in [-0.3, -0.25) is 0 Å². The molecular weight excluding hydrogens is 403 g/mol. The Labute approximate surface area is 177 Å². The molecule has 1 aliphatic rings. The summed E-state index contributed by atoms with van der Waals surface area (Å²) in [5.74, 6) is -0.985. The van der Waals surface area contributed by atoms with E-state index in [1.165, 1.54) is 12.1 Å². The average Bonchev–Trinajstić information content (AvgIpc) is 2.73. The number of nitrogens with one attached hydrogen (secondary N) is 2. The highest BCUT2D eigenvalue weighted by Crippen LogP contribution is 2.45. The summed E-state index contributed by atoms with van der Waals surface area (Å²) >= 11 is 5.18. The number of carbonyl (C=O) groups excluding carboxylic acids is 1. The minimum absolute atomic E-state index is 0.193. The third-order valence-electron chi connectivity index (χ3n) is 4.83. The van der Waals surface area contributed by atoms with Gasteiger partial charge in [0.05, 0.1) is 23.8 Å². The van der Waals surface area contributed by atoms with Crippen molar-refractivity contribution in [3.8, 4) is 0 Å². The van der Waals surface area contributed by atoms with Crippen LogP contribution in [-0.2, 0) is 9.53 Å². The highest BCUT2D eigenvalue weighted by Gasteiger charge is 2.37. The maximum absolute atomic E-state index is 14.1. The van der Waals surface area contributed by atoms with E-state index < -0.39 is 17.7 Å². The molecule has 0 aliphatic carbocycles. The predicted octanol–water partition coefficient (Wildman–Crippen LogP) is 4.39. The summed E-state index contributed by atoms with van der Waals surface area (Å²) in [5.41, 5.74) is 8.91. The van der Waals surface area contributed by atoms with Gasteiger partial charge in [0.2, 0.25) is 0 Å². The van der Waals surface area contributed by atoms with Crippen molar-refractivity contribution in [2.24, 2.45) is 0 Å². The van der Waals surface area contributed by atoms with Crippen LogP contribution in [0.15, 0.2) is 60.2 Å². The van der Waals surface area contributed by atoms with Gasteiger partial charge in [-0.2, -0.15) is 0 Å². The normalized spacial score (nSPS) is 15.3. The van der Waals surface area contributed by atoms with E-state index in [0.29, 0.717) is 28.2 Å². The van der Waals surface area contributed by atoms with E-state index in [1.807, 2.05) is 30.3 Å². The van der Waals surface area contributed by atoms with Crippen LogP contribution in [0.2, 0.25) is 0 Å². The van der Waals surface area contributed by atoms with Crippen LogP contribution < -0.4 is 11.1 Å².